The lowest BCUT2D eigenvalue weighted by molar-refractivity contribution is -0.134. The van der Waals surface area contributed by atoms with Crippen LogP contribution >= 0.6 is 12.4 Å². The van der Waals surface area contributed by atoms with Gasteiger partial charge in [-0.05, 0) is 31.6 Å². The van der Waals surface area contributed by atoms with Crippen molar-refractivity contribution < 1.29 is 14.1 Å². The van der Waals surface area contributed by atoms with E-state index in [-0.39, 0.29) is 42.7 Å². The second-order valence-electron chi connectivity index (χ2n) is 7.81. The predicted octanol–water partition coefficient (Wildman–Crippen LogP) is 2.22. The van der Waals surface area contributed by atoms with Crippen molar-refractivity contribution in [3.05, 3.63) is 11.7 Å². The molecule has 3 N–H and O–H groups in total. The number of imide groups is 1. The third-order valence-corrected chi connectivity index (χ3v) is 6.20. The molecule has 9 heteroatoms. The van der Waals surface area contributed by atoms with E-state index in [1.165, 1.54) is 4.90 Å². The number of urea groups is 1. The normalized spacial score (nSPS) is 30.5. The first kappa shape index (κ1) is 19.1. The van der Waals surface area contributed by atoms with E-state index in [0.717, 1.165) is 44.9 Å². The SMILES string of the molecule is CC1CCCCC12NC(=O)N(Cc1nc(C3(N)CCCC3)no1)C2=O.Cl. The van der Waals surface area contributed by atoms with Gasteiger partial charge < -0.3 is 15.6 Å². The van der Waals surface area contributed by atoms with Gasteiger partial charge in [0.1, 0.15) is 12.1 Å². The summed E-state index contributed by atoms with van der Waals surface area (Å²) in [7, 11) is 0. The summed E-state index contributed by atoms with van der Waals surface area (Å²) < 4.78 is 5.29. The number of amides is 3. The molecule has 4 rings (SSSR count). The monoisotopic (exact) mass is 383 g/mol. The van der Waals surface area contributed by atoms with Gasteiger partial charge in [0.2, 0.25) is 5.89 Å². The molecule has 2 aliphatic carbocycles. The Kier molecular flexibility index (Phi) is 5.00. The Morgan fingerprint density at radius 1 is 1.23 bits per heavy atom. The summed E-state index contributed by atoms with van der Waals surface area (Å²) in [6.07, 6.45) is 7.44. The lowest BCUT2D eigenvalue weighted by atomic mass is 9.73. The van der Waals surface area contributed by atoms with E-state index in [0.29, 0.717) is 12.2 Å². The molecule has 1 aromatic heterocycles. The van der Waals surface area contributed by atoms with Crippen LogP contribution in [0.5, 0.6) is 0 Å². The predicted molar refractivity (Wildman–Crippen MR) is 95.3 cm³/mol. The van der Waals surface area contributed by atoms with E-state index >= 15 is 0 Å². The molecule has 3 amide bonds. The Morgan fingerprint density at radius 3 is 2.62 bits per heavy atom. The van der Waals surface area contributed by atoms with Gasteiger partial charge in [0, 0.05) is 0 Å². The summed E-state index contributed by atoms with van der Waals surface area (Å²) in [4.78, 5) is 31.0. The maximum Gasteiger partial charge on any atom is 0.325 e. The van der Waals surface area contributed by atoms with Crippen molar-refractivity contribution in [2.75, 3.05) is 0 Å². The molecule has 2 heterocycles. The Hall–Kier alpha value is -1.67. The molecule has 144 valence electrons. The van der Waals surface area contributed by atoms with E-state index in [1.807, 2.05) is 6.92 Å². The van der Waals surface area contributed by atoms with Gasteiger partial charge in [-0.15, -0.1) is 12.4 Å². The molecule has 26 heavy (non-hydrogen) atoms. The highest BCUT2D eigenvalue weighted by Gasteiger charge is 2.55. The molecule has 0 radical (unpaired) electrons. The number of carbonyl (C=O) groups is 2. The quantitative estimate of drug-likeness (QED) is 0.773. The highest BCUT2D eigenvalue weighted by Crippen LogP contribution is 2.39. The average molecular weight is 384 g/mol. The van der Waals surface area contributed by atoms with Crippen molar-refractivity contribution in [3.63, 3.8) is 0 Å². The molecule has 1 spiro atoms. The fourth-order valence-corrected chi connectivity index (χ4v) is 4.53. The van der Waals surface area contributed by atoms with Gasteiger partial charge in [-0.1, -0.05) is 37.8 Å². The van der Waals surface area contributed by atoms with E-state index in [1.54, 1.807) is 0 Å². The molecule has 0 bridgehead atoms. The van der Waals surface area contributed by atoms with Crippen LogP contribution in [0.1, 0.15) is 70.0 Å². The number of hydrogen-bond donors (Lipinski definition) is 2. The van der Waals surface area contributed by atoms with Gasteiger partial charge >= 0.3 is 6.03 Å². The molecule has 1 saturated heterocycles. The lowest BCUT2D eigenvalue weighted by Crippen LogP contribution is -2.53. The van der Waals surface area contributed by atoms with Gasteiger partial charge in [-0.2, -0.15) is 4.98 Å². The zero-order valence-electron chi connectivity index (χ0n) is 15.0. The molecular formula is C17H26ClN5O3. The van der Waals surface area contributed by atoms with Crippen molar-refractivity contribution in [2.45, 2.75) is 75.9 Å². The minimum absolute atomic E-state index is 0. The number of rotatable bonds is 3. The minimum Gasteiger partial charge on any atom is -0.337 e. The number of nitrogens with zero attached hydrogens (tertiary/aromatic N) is 3. The standard InChI is InChI=1S/C17H25N5O3.ClH/c1-11-6-2-3-9-17(11)14(23)22(15(24)20-17)10-12-19-13(21-25-12)16(18)7-4-5-8-16;/h11H,2-10,18H2,1H3,(H,20,24);1H. The molecule has 1 aliphatic heterocycles. The van der Waals surface area contributed by atoms with Gasteiger partial charge in [0.15, 0.2) is 5.82 Å². The Bertz CT molecular complexity index is 702. The number of carbonyl (C=O) groups excluding carboxylic acids is 2. The van der Waals surface area contributed by atoms with Gasteiger partial charge in [0.25, 0.3) is 5.91 Å². The molecular weight excluding hydrogens is 358 g/mol. The highest BCUT2D eigenvalue weighted by molar-refractivity contribution is 6.07. The topological polar surface area (TPSA) is 114 Å². The van der Waals surface area contributed by atoms with Crippen molar-refractivity contribution in [3.8, 4) is 0 Å². The smallest absolute Gasteiger partial charge is 0.325 e. The van der Waals surface area contributed by atoms with Crippen molar-refractivity contribution in [1.29, 1.82) is 0 Å². The van der Waals surface area contributed by atoms with Crippen LogP contribution in [0.3, 0.4) is 0 Å². The second-order valence-corrected chi connectivity index (χ2v) is 7.81. The van der Waals surface area contributed by atoms with Gasteiger partial charge in [-0.3, -0.25) is 9.69 Å². The van der Waals surface area contributed by atoms with Crippen LogP contribution in [-0.4, -0.2) is 32.5 Å². The largest absolute Gasteiger partial charge is 0.337 e. The average Bonchev–Trinajstić information content (AvgIpc) is 3.28. The van der Waals surface area contributed by atoms with Crippen LogP contribution in [0.25, 0.3) is 0 Å². The maximum absolute atomic E-state index is 13.0. The van der Waals surface area contributed by atoms with E-state index in [2.05, 4.69) is 15.5 Å². The summed E-state index contributed by atoms with van der Waals surface area (Å²) in [5.74, 6) is 0.697. The number of aromatic nitrogens is 2. The Balaban J connectivity index is 0.00000196. The number of nitrogens with two attached hydrogens (primary N) is 1. The lowest BCUT2D eigenvalue weighted by Gasteiger charge is -2.36. The summed E-state index contributed by atoms with van der Waals surface area (Å²) >= 11 is 0. The fraction of sp³-hybridized carbons (Fsp3) is 0.765. The summed E-state index contributed by atoms with van der Waals surface area (Å²) in [6, 6.07) is -0.373. The van der Waals surface area contributed by atoms with Crippen molar-refractivity contribution in [2.24, 2.45) is 11.7 Å². The first-order chi connectivity index (χ1) is 11.9. The summed E-state index contributed by atoms with van der Waals surface area (Å²) in [5.41, 5.74) is 5.03. The molecule has 2 saturated carbocycles. The minimum atomic E-state index is -0.765. The van der Waals surface area contributed by atoms with Crippen molar-refractivity contribution in [1.82, 2.24) is 20.4 Å². The van der Waals surface area contributed by atoms with E-state index in [9.17, 15) is 9.59 Å². The summed E-state index contributed by atoms with van der Waals surface area (Å²) in [5, 5.41) is 6.93. The first-order valence-corrected chi connectivity index (χ1v) is 9.21. The van der Waals surface area contributed by atoms with Crippen LogP contribution in [-0.2, 0) is 16.9 Å². The van der Waals surface area contributed by atoms with Gasteiger partial charge in [0.05, 0.1) is 5.54 Å². The zero-order valence-corrected chi connectivity index (χ0v) is 15.8. The second kappa shape index (κ2) is 6.81. The molecule has 3 aliphatic rings. The highest BCUT2D eigenvalue weighted by atomic mass is 35.5. The molecule has 3 fully saturated rings. The molecule has 2 atom stereocenters. The van der Waals surface area contributed by atoms with Crippen LogP contribution in [0, 0.1) is 5.92 Å². The molecule has 1 aromatic rings. The number of halogens is 1. The third-order valence-electron chi connectivity index (χ3n) is 6.20. The van der Waals surface area contributed by atoms with E-state index in [4.69, 9.17) is 10.3 Å². The van der Waals surface area contributed by atoms with Crippen molar-refractivity contribution >= 4 is 24.3 Å². The fourth-order valence-electron chi connectivity index (χ4n) is 4.53. The van der Waals surface area contributed by atoms with Crippen LogP contribution in [0.4, 0.5) is 4.79 Å². The molecule has 0 aromatic carbocycles. The molecule has 2 unspecified atom stereocenters. The third kappa shape index (κ3) is 2.89. The first-order valence-electron chi connectivity index (χ1n) is 9.21. The Morgan fingerprint density at radius 2 is 1.92 bits per heavy atom. The maximum atomic E-state index is 13.0. The van der Waals surface area contributed by atoms with Crippen LogP contribution in [0.15, 0.2) is 4.52 Å². The van der Waals surface area contributed by atoms with Gasteiger partial charge in [-0.25, -0.2) is 4.79 Å². The van der Waals surface area contributed by atoms with E-state index < -0.39 is 11.1 Å². The van der Waals surface area contributed by atoms with Crippen LogP contribution in [0.2, 0.25) is 0 Å². The number of hydrogen-bond acceptors (Lipinski definition) is 6. The Labute approximate surface area is 158 Å². The summed E-state index contributed by atoms with van der Waals surface area (Å²) in [6.45, 7) is 2.03. The zero-order chi connectivity index (χ0) is 17.7. The molecule has 8 nitrogen and oxygen atoms in total. The van der Waals surface area contributed by atoms with Crippen LogP contribution < -0.4 is 11.1 Å². The number of nitrogens with one attached hydrogen (secondary N) is 1.